The first-order valence-corrected chi connectivity index (χ1v) is 9.00. The molecule has 1 heterocycles. The van der Waals surface area contributed by atoms with Gasteiger partial charge in [-0.15, -0.1) is 0 Å². The first-order chi connectivity index (χ1) is 11.0. The van der Waals surface area contributed by atoms with E-state index < -0.39 is 0 Å². The summed E-state index contributed by atoms with van der Waals surface area (Å²) in [4.78, 5) is 16.7. The molecule has 1 aromatic rings. The lowest BCUT2D eigenvalue weighted by molar-refractivity contribution is -0.126. The summed E-state index contributed by atoms with van der Waals surface area (Å²) in [5, 5.41) is 4.53. The summed E-state index contributed by atoms with van der Waals surface area (Å²) in [5.74, 6) is 0.162. The molecule has 0 radical (unpaired) electrons. The van der Waals surface area contributed by atoms with Crippen molar-refractivity contribution in [1.82, 2.24) is 15.1 Å². The normalized spacial score (nSPS) is 21.2. The molecule has 0 aromatic heterocycles. The summed E-state index contributed by atoms with van der Waals surface area (Å²) in [7, 11) is 0. The number of halogens is 2. The Kier molecular flexibility index (Phi) is 5.47. The van der Waals surface area contributed by atoms with Crippen LogP contribution < -0.4 is 5.32 Å². The molecule has 1 aliphatic carbocycles. The maximum atomic E-state index is 12.2. The number of hydrogen-bond acceptors (Lipinski definition) is 3. The van der Waals surface area contributed by atoms with E-state index in [1.165, 1.54) is 0 Å². The third-order valence-electron chi connectivity index (χ3n) is 4.70. The van der Waals surface area contributed by atoms with Crippen LogP contribution in [0.2, 0.25) is 10.0 Å². The van der Waals surface area contributed by atoms with Gasteiger partial charge >= 0.3 is 0 Å². The van der Waals surface area contributed by atoms with E-state index >= 15 is 0 Å². The highest BCUT2D eigenvalue weighted by molar-refractivity contribution is 6.35. The molecule has 1 aromatic carbocycles. The Labute approximate surface area is 147 Å². The van der Waals surface area contributed by atoms with Crippen LogP contribution in [-0.4, -0.2) is 54.0 Å². The number of hydrogen-bond donors (Lipinski definition) is 1. The van der Waals surface area contributed by atoms with Gasteiger partial charge < -0.3 is 5.32 Å². The summed E-state index contributed by atoms with van der Waals surface area (Å²) in [6.45, 7) is 6.38. The minimum absolute atomic E-state index is 0.0540. The number of amides is 1. The van der Waals surface area contributed by atoms with Crippen LogP contribution in [0, 0.1) is 0 Å². The van der Waals surface area contributed by atoms with Crippen LogP contribution in [0.3, 0.4) is 0 Å². The molecule has 126 valence electrons. The van der Waals surface area contributed by atoms with Crippen molar-refractivity contribution in [3.8, 4) is 0 Å². The van der Waals surface area contributed by atoms with Gasteiger partial charge in [0.25, 0.3) is 0 Å². The van der Waals surface area contributed by atoms with Crippen LogP contribution in [0.15, 0.2) is 18.2 Å². The second-order valence-corrected chi connectivity index (χ2v) is 7.29. The van der Waals surface area contributed by atoms with Crippen molar-refractivity contribution >= 4 is 29.1 Å². The minimum Gasteiger partial charge on any atom is -0.352 e. The average molecular weight is 356 g/mol. The van der Waals surface area contributed by atoms with Gasteiger partial charge in [0, 0.05) is 54.4 Å². The highest BCUT2D eigenvalue weighted by atomic mass is 35.5. The third-order valence-corrected chi connectivity index (χ3v) is 5.41. The van der Waals surface area contributed by atoms with Crippen LogP contribution >= 0.6 is 23.2 Å². The molecule has 1 atom stereocenters. The van der Waals surface area contributed by atoms with E-state index in [9.17, 15) is 4.79 Å². The molecule has 4 nitrogen and oxygen atoms in total. The first kappa shape index (κ1) is 17.0. The Hall–Kier alpha value is -0.810. The number of carbonyl (C=O) groups excluding carboxylic acids is 1. The van der Waals surface area contributed by atoms with Crippen molar-refractivity contribution in [1.29, 1.82) is 0 Å². The lowest BCUT2D eigenvalue weighted by Crippen LogP contribution is -2.53. The van der Waals surface area contributed by atoms with Gasteiger partial charge in [-0.05, 0) is 31.9 Å². The molecule has 1 amide bonds. The fourth-order valence-corrected chi connectivity index (χ4v) is 3.45. The van der Waals surface area contributed by atoms with Crippen LogP contribution in [0.25, 0.3) is 0 Å². The molecule has 23 heavy (non-hydrogen) atoms. The van der Waals surface area contributed by atoms with E-state index in [1.54, 1.807) is 0 Å². The minimum atomic E-state index is -0.0540. The van der Waals surface area contributed by atoms with E-state index in [1.807, 2.05) is 25.1 Å². The molecule has 0 bridgehead atoms. The van der Waals surface area contributed by atoms with Gasteiger partial charge in [0.1, 0.15) is 0 Å². The largest absolute Gasteiger partial charge is 0.352 e. The van der Waals surface area contributed by atoms with Gasteiger partial charge in [0.2, 0.25) is 5.91 Å². The van der Waals surface area contributed by atoms with Crippen LogP contribution in [-0.2, 0) is 11.3 Å². The fourth-order valence-electron chi connectivity index (χ4n) is 2.93. The van der Waals surface area contributed by atoms with Gasteiger partial charge in [0.05, 0.1) is 6.04 Å². The van der Waals surface area contributed by atoms with E-state index in [-0.39, 0.29) is 11.9 Å². The molecule has 1 unspecified atom stereocenters. The maximum absolute atomic E-state index is 12.2. The summed E-state index contributed by atoms with van der Waals surface area (Å²) in [6, 6.07) is 5.99. The van der Waals surface area contributed by atoms with Crippen LogP contribution in [0.5, 0.6) is 0 Å². The zero-order valence-electron chi connectivity index (χ0n) is 13.4. The predicted octanol–water partition coefficient (Wildman–Crippen LogP) is 2.78. The van der Waals surface area contributed by atoms with Crippen molar-refractivity contribution in [2.45, 2.75) is 38.4 Å². The molecule has 2 aliphatic rings. The van der Waals surface area contributed by atoms with Crippen molar-refractivity contribution in [2.24, 2.45) is 0 Å². The second-order valence-electron chi connectivity index (χ2n) is 6.47. The number of nitrogens with one attached hydrogen (secondary N) is 1. The number of piperazine rings is 1. The lowest BCUT2D eigenvalue weighted by Gasteiger charge is -2.37. The standard InChI is InChI=1S/C17H23Cl2N3O/c1-12(17(23)20-13-5-6-13)22-9-7-21(8-10-22)11-14-15(18)3-2-4-16(14)19/h2-4,12-13H,5-11H2,1H3,(H,20,23). The molecule has 1 saturated heterocycles. The monoisotopic (exact) mass is 355 g/mol. The van der Waals surface area contributed by atoms with Crippen LogP contribution in [0.1, 0.15) is 25.3 Å². The summed E-state index contributed by atoms with van der Waals surface area (Å²) < 4.78 is 0. The Morgan fingerprint density at radius 1 is 1.22 bits per heavy atom. The van der Waals surface area contributed by atoms with Crippen molar-refractivity contribution in [3.63, 3.8) is 0 Å². The van der Waals surface area contributed by atoms with Crippen molar-refractivity contribution < 1.29 is 4.79 Å². The highest BCUT2D eigenvalue weighted by Crippen LogP contribution is 2.26. The number of nitrogens with zero attached hydrogens (tertiary/aromatic N) is 2. The summed E-state index contributed by atoms with van der Waals surface area (Å²) in [5.41, 5.74) is 0.990. The first-order valence-electron chi connectivity index (χ1n) is 8.24. The Morgan fingerprint density at radius 2 is 1.83 bits per heavy atom. The van der Waals surface area contributed by atoms with E-state index in [4.69, 9.17) is 23.2 Å². The predicted molar refractivity (Wildman–Crippen MR) is 93.9 cm³/mol. The molecule has 2 fully saturated rings. The lowest BCUT2D eigenvalue weighted by atomic mass is 10.1. The molecule has 3 rings (SSSR count). The Morgan fingerprint density at radius 3 is 2.39 bits per heavy atom. The van der Waals surface area contributed by atoms with Gasteiger partial charge in [-0.25, -0.2) is 0 Å². The van der Waals surface area contributed by atoms with Gasteiger partial charge in [-0.3, -0.25) is 14.6 Å². The molecule has 0 spiro atoms. The van der Waals surface area contributed by atoms with E-state index in [0.29, 0.717) is 6.04 Å². The number of benzene rings is 1. The molecule has 6 heteroatoms. The molecular weight excluding hydrogens is 333 g/mol. The number of rotatable bonds is 5. The quantitative estimate of drug-likeness (QED) is 0.881. The van der Waals surface area contributed by atoms with Gasteiger partial charge in [-0.2, -0.15) is 0 Å². The Balaban J connectivity index is 1.51. The zero-order valence-corrected chi connectivity index (χ0v) is 14.9. The fraction of sp³-hybridized carbons (Fsp3) is 0.588. The Bertz CT molecular complexity index is 549. The van der Waals surface area contributed by atoms with E-state index in [2.05, 4.69) is 15.1 Å². The molecular formula is C17H23Cl2N3O. The van der Waals surface area contributed by atoms with E-state index in [0.717, 1.165) is 61.2 Å². The summed E-state index contributed by atoms with van der Waals surface area (Å²) >= 11 is 12.5. The summed E-state index contributed by atoms with van der Waals surface area (Å²) in [6.07, 6.45) is 2.26. The van der Waals surface area contributed by atoms with Crippen molar-refractivity contribution in [2.75, 3.05) is 26.2 Å². The number of carbonyl (C=O) groups is 1. The average Bonchev–Trinajstić information content (AvgIpc) is 3.35. The smallest absolute Gasteiger partial charge is 0.237 e. The van der Waals surface area contributed by atoms with Crippen molar-refractivity contribution in [3.05, 3.63) is 33.8 Å². The highest BCUT2D eigenvalue weighted by Gasteiger charge is 2.30. The molecule has 1 N–H and O–H groups in total. The SMILES string of the molecule is CC(C(=O)NC1CC1)N1CCN(Cc2c(Cl)cccc2Cl)CC1. The third kappa shape index (κ3) is 4.38. The maximum Gasteiger partial charge on any atom is 0.237 e. The van der Waals surface area contributed by atoms with Gasteiger partial charge in [-0.1, -0.05) is 29.3 Å². The molecule has 1 saturated carbocycles. The van der Waals surface area contributed by atoms with Crippen LogP contribution in [0.4, 0.5) is 0 Å². The second kappa shape index (κ2) is 7.39. The zero-order chi connectivity index (χ0) is 16.4. The van der Waals surface area contributed by atoms with Gasteiger partial charge in [0.15, 0.2) is 0 Å². The topological polar surface area (TPSA) is 35.6 Å². The molecule has 1 aliphatic heterocycles.